The van der Waals surface area contributed by atoms with Crippen molar-refractivity contribution in [2.45, 2.75) is 19.4 Å². The summed E-state index contributed by atoms with van der Waals surface area (Å²) in [5, 5.41) is 21.1. The molecule has 1 aromatic heterocycles. The zero-order chi connectivity index (χ0) is 21.8. The summed E-state index contributed by atoms with van der Waals surface area (Å²) in [6.45, 7) is 2.12. The van der Waals surface area contributed by atoms with Crippen molar-refractivity contribution in [1.29, 1.82) is 10.5 Å². The number of allylic oxidation sites excluding steroid dienone is 4. The molecule has 4 aromatic rings. The zero-order valence-electron chi connectivity index (χ0n) is 17.1. The molecule has 0 bridgehead atoms. The number of nitriles is 2. The van der Waals surface area contributed by atoms with Gasteiger partial charge in [-0.05, 0) is 61.4 Å². The SMILES string of the molecule is CC(/C=C\C(C#N)=C/Cc1ccc(Br)cc1)n1c2ccccc2c2cc(C#N)ccc21. The molecular formula is C27H20BrN3. The second kappa shape index (κ2) is 9.04. The van der Waals surface area contributed by atoms with Crippen LogP contribution in [0.2, 0.25) is 0 Å². The van der Waals surface area contributed by atoms with Crippen molar-refractivity contribution in [1.82, 2.24) is 4.57 Å². The third-order valence-corrected chi connectivity index (χ3v) is 5.93. The highest BCUT2D eigenvalue weighted by Crippen LogP contribution is 2.32. The maximum absolute atomic E-state index is 9.58. The smallest absolute Gasteiger partial charge is 0.0991 e. The first-order valence-corrected chi connectivity index (χ1v) is 10.9. The second-order valence-electron chi connectivity index (χ2n) is 7.43. The van der Waals surface area contributed by atoms with Crippen LogP contribution < -0.4 is 0 Å². The van der Waals surface area contributed by atoms with Gasteiger partial charge in [-0.25, -0.2) is 0 Å². The van der Waals surface area contributed by atoms with Crippen LogP contribution in [0.25, 0.3) is 21.8 Å². The first-order valence-electron chi connectivity index (χ1n) is 10.1. The Morgan fingerprint density at radius 3 is 2.48 bits per heavy atom. The Balaban J connectivity index is 1.67. The summed E-state index contributed by atoms with van der Waals surface area (Å²) in [5.41, 5.74) is 4.65. The normalized spacial score (nSPS) is 12.8. The van der Waals surface area contributed by atoms with Gasteiger partial charge in [-0.3, -0.25) is 0 Å². The predicted molar refractivity (Wildman–Crippen MR) is 130 cm³/mol. The fourth-order valence-electron chi connectivity index (χ4n) is 3.84. The standard InChI is InChI=1S/C27H20BrN3/c1-19(6-7-21(17-29)9-8-20-10-13-23(28)14-11-20)31-26-5-3-2-4-24(26)25-16-22(18-30)12-15-27(25)31/h2-7,9-16,19H,8H2,1H3/b7-6-,21-9+. The summed E-state index contributed by atoms with van der Waals surface area (Å²) in [4.78, 5) is 0. The molecule has 4 heteroatoms. The van der Waals surface area contributed by atoms with Crippen molar-refractivity contribution in [3.8, 4) is 12.1 Å². The number of hydrogen-bond acceptors (Lipinski definition) is 2. The van der Waals surface area contributed by atoms with Gasteiger partial charge in [0, 0.05) is 37.9 Å². The molecule has 31 heavy (non-hydrogen) atoms. The van der Waals surface area contributed by atoms with Crippen LogP contribution in [-0.4, -0.2) is 4.57 Å². The van der Waals surface area contributed by atoms with Crippen LogP contribution in [0.3, 0.4) is 0 Å². The van der Waals surface area contributed by atoms with Crippen molar-refractivity contribution >= 4 is 37.7 Å². The van der Waals surface area contributed by atoms with Gasteiger partial charge in [-0.1, -0.05) is 58.4 Å². The topological polar surface area (TPSA) is 52.5 Å². The number of hydrogen-bond donors (Lipinski definition) is 0. The molecule has 3 nitrogen and oxygen atoms in total. The van der Waals surface area contributed by atoms with E-state index >= 15 is 0 Å². The maximum atomic E-state index is 9.58. The van der Waals surface area contributed by atoms with Crippen LogP contribution in [0.1, 0.15) is 24.1 Å². The average Bonchev–Trinajstić information content (AvgIpc) is 3.14. The number of rotatable bonds is 5. The van der Waals surface area contributed by atoms with Crippen LogP contribution in [0.4, 0.5) is 0 Å². The fourth-order valence-corrected chi connectivity index (χ4v) is 4.10. The van der Waals surface area contributed by atoms with Gasteiger partial charge >= 0.3 is 0 Å². The molecular weight excluding hydrogens is 446 g/mol. The number of nitrogens with zero attached hydrogens (tertiary/aromatic N) is 3. The Hall–Kier alpha value is -3.60. The molecule has 150 valence electrons. The van der Waals surface area contributed by atoms with Crippen molar-refractivity contribution in [3.63, 3.8) is 0 Å². The van der Waals surface area contributed by atoms with E-state index in [2.05, 4.69) is 69.9 Å². The van der Waals surface area contributed by atoms with E-state index in [0.29, 0.717) is 17.6 Å². The predicted octanol–water partition coefficient (Wildman–Crippen LogP) is 7.24. The van der Waals surface area contributed by atoms with E-state index in [1.807, 2.05) is 54.6 Å². The van der Waals surface area contributed by atoms with E-state index in [0.717, 1.165) is 31.8 Å². The molecule has 0 amide bonds. The second-order valence-corrected chi connectivity index (χ2v) is 8.35. The lowest BCUT2D eigenvalue weighted by Gasteiger charge is -2.13. The summed E-state index contributed by atoms with van der Waals surface area (Å²) in [5.74, 6) is 0. The number of benzene rings is 3. The van der Waals surface area contributed by atoms with E-state index < -0.39 is 0 Å². The lowest BCUT2D eigenvalue weighted by Crippen LogP contribution is -2.01. The molecule has 3 aromatic carbocycles. The summed E-state index contributed by atoms with van der Waals surface area (Å²) >= 11 is 3.44. The van der Waals surface area contributed by atoms with Gasteiger partial charge in [0.25, 0.3) is 0 Å². The molecule has 4 rings (SSSR count). The quantitative estimate of drug-likeness (QED) is 0.230. The van der Waals surface area contributed by atoms with Gasteiger partial charge < -0.3 is 4.57 Å². The number of para-hydroxylation sites is 1. The highest BCUT2D eigenvalue weighted by Gasteiger charge is 2.14. The van der Waals surface area contributed by atoms with E-state index in [1.54, 1.807) is 0 Å². The Kier molecular flexibility index (Phi) is 6.03. The van der Waals surface area contributed by atoms with Crippen LogP contribution in [0, 0.1) is 22.7 Å². The summed E-state index contributed by atoms with van der Waals surface area (Å²) in [6, 6.07) is 26.7. The first kappa shape index (κ1) is 20.7. The Morgan fingerprint density at radius 1 is 1.00 bits per heavy atom. The average molecular weight is 466 g/mol. The molecule has 0 fully saturated rings. The van der Waals surface area contributed by atoms with E-state index in [1.165, 1.54) is 0 Å². The molecule has 0 saturated carbocycles. The summed E-state index contributed by atoms with van der Waals surface area (Å²) in [6.07, 6.45) is 6.62. The highest BCUT2D eigenvalue weighted by molar-refractivity contribution is 9.10. The molecule has 0 N–H and O–H groups in total. The van der Waals surface area contributed by atoms with Gasteiger partial charge in [0.1, 0.15) is 0 Å². The summed E-state index contributed by atoms with van der Waals surface area (Å²) in [7, 11) is 0. The summed E-state index contributed by atoms with van der Waals surface area (Å²) < 4.78 is 3.30. The molecule has 0 aliphatic rings. The molecule has 0 aliphatic carbocycles. The largest absolute Gasteiger partial charge is 0.334 e. The lowest BCUT2D eigenvalue weighted by molar-refractivity contribution is 0.710. The lowest BCUT2D eigenvalue weighted by atomic mass is 10.1. The van der Waals surface area contributed by atoms with Crippen molar-refractivity contribution in [2.75, 3.05) is 0 Å². The molecule has 0 saturated heterocycles. The molecule has 1 unspecified atom stereocenters. The van der Waals surface area contributed by atoms with E-state index in [-0.39, 0.29) is 6.04 Å². The minimum Gasteiger partial charge on any atom is -0.334 e. The first-order chi connectivity index (χ1) is 15.1. The molecule has 0 aliphatic heterocycles. The maximum Gasteiger partial charge on any atom is 0.0991 e. The number of aromatic nitrogens is 1. The van der Waals surface area contributed by atoms with Crippen molar-refractivity contribution in [2.24, 2.45) is 0 Å². The van der Waals surface area contributed by atoms with Crippen LogP contribution in [0.5, 0.6) is 0 Å². The van der Waals surface area contributed by atoms with Gasteiger partial charge in [-0.2, -0.15) is 10.5 Å². The van der Waals surface area contributed by atoms with Gasteiger partial charge in [0.15, 0.2) is 0 Å². The molecule has 1 atom stereocenters. The highest BCUT2D eigenvalue weighted by atomic mass is 79.9. The van der Waals surface area contributed by atoms with Crippen molar-refractivity contribution < 1.29 is 0 Å². The number of halogens is 1. The van der Waals surface area contributed by atoms with E-state index in [4.69, 9.17) is 0 Å². The van der Waals surface area contributed by atoms with Crippen molar-refractivity contribution in [3.05, 3.63) is 106 Å². The fraction of sp³-hybridized carbons (Fsp3) is 0.111. The van der Waals surface area contributed by atoms with Gasteiger partial charge in [-0.15, -0.1) is 0 Å². The third kappa shape index (κ3) is 4.31. The minimum atomic E-state index is 0.0415. The Labute approximate surface area is 190 Å². The van der Waals surface area contributed by atoms with Gasteiger partial charge in [0.2, 0.25) is 0 Å². The molecule has 0 radical (unpaired) electrons. The third-order valence-electron chi connectivity index (χ3n) is 5.40. The Bertz CT molecular complexity index is 1390. The molecule has 0 spiro atoms. The zero-order valence-corrected chi connectivity index (χ0v) is 18.7. The number of fused-ring (bicyclic) bond motifs is 3. The monoisotopic (exact) mass is 465 g/mol. The van der Waals surface area contributed by atoms with E-state index in [9.17, 15) is 10.5 Å². The molecule has 1 heterocycles. The van der Waals surface area contributed by atoms with Crippen LogP contribution >= 0.6 is 15.9 Å². The Morgan fingerprint density at radius 2 is 1.74 bits per heavy atom. The van der Waals surface area contributed by atoms with Gasteiger partial charge in [0.05, 0.1) is 17.7 Å². The van der Waals surface area contributed by atoms with Crippen LogP contribution in [-0.2, 0) is 6.42 Å². The minimum absolute atomic E-state index is 0.0415. The van der Waals surface area contributed by atoms with Crippen LogP contribution in [0.15, 0.2) is 95.0 Å².